The van der Waals surface area contributed by atoms with E-state index < -0.39 is 5.97 Å². The van der Waals surface area contributed by atoms with Crippen molar-refractivity contribution in [3.8, 4) is 5.75 Å². The summed E-state index contributed by atoms with van der Waals surface area (Å²) in [5.74, 6) is -0.826. The summed E-state index contributed by atoms with van der Waals surface area (Å²) in [5.41, 5.74) is 5.99. The molecular formula is C14H18ClNO3. The first-order chi connectivity index (χ1) is 9.08. The van der Waals surface area contributed by atoms with E-state index in [-0.39, 0.29) is 22.4 Å². The van der Waals surface area contributed by atoms with Crippen molar-refractivity contribution in [1.29, 1.82) is 0 Å². The summed E-state index contributed by atoms with van der Waals surface area (Å²) in [4.78, 5) is 11.2. The number of benzene rings is 1. The van der Waals surface area contributed by atoms with Gasteiger partial charge in [-0.1, -0.05) is 24.4 Å². The predicted molar refractivity (Wildman–Crippen MR) is 74.9 cm³/mol. The second-order valence-electron chi connectivity index (χ2n) is 4.92. The molecule has 1 aromatic rings. The monoisotopic (exact) mass is 283 g/mol. The SMILES string of the molecule is Nc1cc(Cl)c(OC2CCCCCC2)c(C(=O)O)c1. The van der Waals surface area contributed by atoms with Gasteiger partial charge >= 0.3 is 5.97 Å². The Balaban J connectivity index is 2.25. The number of hydrogen-bond acceptors (Lipinski definition) is 3. The van der Waals surface area contributed by atoms with Crippen molar-refractivity contribution in [3.63, 3.8) is 0 Å². The second kappa shape index (κ2) is 6.15. The molecule has 0 spiro atoms. The molecule has 1 fully saturated rings. The minimum absolute atomic E-state index is 0.0363. The molecule has 1 aromatic carbocycles. The standard InChI is InChI=1S/C14H18ClNO3/c15-12-8-9(16)7-11(14(17)18)13(12)19-10-5-3-1-2-4-6-10/h7-8,10H,1-6,16H2,(H,17,18). The number of nitrogen functional groups attached to an aromatic ring is 1. The summed E-state index contributed by atoms with van der Waals surface area (Å²) in [5, 5.41) is 9.47. The lowest BCUT2D eigenvalue weighted by Gasteiger charge is -2.19. The molecule has 0 aromatic heterocycles. The zero-order chi connectivity index (χ0) is 13.8. The van der Waals surface area contributed by atoms with Crippen LogP contribution in [0.4, 0.5) is 5.69 Å². The van der Waals surface area contributed by atoms with Gasteiger partial charge < -0.3 is 15.6 Å². The van der Waals surface area contributed by atoms with Gasteiger partial charge in [-0.3, -0.25) is 0 Å². The van der Waals surface area contributed by atoms with Crippen molar-refractivity contribution in [2.24, 2.45) is 0 Å². The lowest BCUT2D eigenvalue weighted by Crippen LogP contribution is -2.17. The topological polar surface area (TPSA) is 72.5 Å². The molecule has 104 valence electrons. The molecule has 1 saturated carbocycles. The van der Waals surface area contributed by atoms with Crippen molar-refractivity contribution in [1.82, 2.24) is 0 Å². The van der Waals surface area contributed by atoms with Gasteiger partial charge in [-0.25, -0.2) is 4.79 Å². The Labute approximate surface area is 117 Å². The van der Waals surface area contributed by atoms with Crippen molar-refractivity contribution in [2.45, 2.75) is 44.6 Å². The molecule has 0 aliphatic heterocycles. The maximum Gasteiger partial charge on any atom is 0.339 e. The lowest BCUT2D eigenvalue weighted by molar-refractivity contribution is 0.0688. The highest BCUT2D eigenvalue weighted by Crippen LogP contribution is 2.34. The molecule has 0 atom stereocenters. The number of rotatable bonds is 3. The maximum absolute atomic E-state index is 11.2. The summed E-state index contributed by atoms with van der Waals surface area (Å²) in [6, 6.07) is 2.92. The summed E-state index contributed by atoms with van der Waals surface area (Å²) >= 11 is 6.07. The van der Waals surface area contributed by atoms with E-state index >= 15 is 0 Å². The first-order valence-electron chi connectivity index (χ1n) is 6.57. The molecule has 3 N–H and O–H groups in total. The summed E-state index contributed by atoms with van der Waals surface area (Å²) < 4.78 is 5.85. The van der Waals surface area contributed by atoms with E-state index in [1.165, 1.54) is 25.0 Å². The van der Waals surface area contributed by atoms with Crippen LogP contribution in [-0.2, 0) is 0 Å². The molecule has 1 aliphatic carbocycles. The molecular weight excluding hydrogens is 266 g/mol. The predicted octanol–water partition coefficient (Wildman–Crippen LogP) is 3.72. The molecule has 0 unspecified atom stereocenters. The minimum atomic E-state index is -1.07. The van der Waals surface area contributed by atoms with Crippen LogP contribution in [0.15, 0.2) is 12.1 Å². The van der Waals surface area contributed by atoms with Gasteiger partial charge in [0.15, 0.2) is 5.75 Å². The summed E-state index contributed by atoms with van der Waals surface area (Å²) in [7, 11) is 0. The number of nitrogens with two attached hydrogens (primary N) is 1. The van der Waals surface area contributed by atoms with E-state index in [9.17, 15) is 9.90 Å². The Morgan fingerprint density at radius 3 is 2.47 bits per heavy atom. The molecule has 1 aliphatic rings. The van der Waals surface area contributed by atoms with E-state index in [2.05, 4.69) is 0 Å². The number of carboxylic acids is 1. The molecule has 4 nitrogen and oxygen atoms in total. The van der Waals surface area contributed by atoms with Crippen LogP contribution < -0.4 is 10.5 Å². The third-order valence-corrected chi connectivity index (χ3v) is 3.66. The summed E-state index contributed by atoms with van der Waals surface area (Å²) in [6.45, 7) is 0. The van der Waals surface area contributed by atoms with Crippen molar-refractivity contribution in [3.05, 3.63) is 22.7 Å². The Hall–Kier alpha value is -1.42. The smallest absolute Gasteiger partial charge is 0.339 e. The molecule has 19 heavy (non-hydrogen) atoms. The zero-order valence-electron chi connectivity index (χ0n) is 10.7. The highest BCUT2D eigenvalue weighted by Gasteiger charge is 2.21. The maximum atomic E-state index is 11.2. The van der Waals surface area contributed by atoms with Gasteiger partial charge in [0.2, 0.25) is 0 Å². The first-order valence-corrected chi connectivity index (χ1v) is 6.94. The first kappa shape index (κ1) is 14.0. The van der Waals surface area contributed by atoms with Crippen molar-refractivity contribution < 1.29 is 14.6 Å². The average molecular weight is 284 g/mol. The molecule has 0 heterocycles. The van der Waals surface area contributed by atoms with Gasteiger partial charge in [0, 0.05) is 5.69 Å². The molecule has 0 amide bonds. The van der Waals surface area contributed by atoms with Crippen LogP contribution in [0.3, 0.4) is 0 Å². The fraction of sp³-hybridized carbons (Fsp3) is 0.500. The van der Waals surface area contributed by atoms with Crippen molar-refractivity contribution >= 4 is 23.3 Å². The van der Waals surface area contributed by atoms with Crippen LogP contribution in [0.5, 0.6) is 5.75 Å². The molecule has 5 heteroatoms. The fourth-order valence-electron chi connectivity index (χ4n) is 2.42. The van der Waals surface area contributed by atoms with Gasteiger partial charge in [-0.2, -0.15) is 0 Å². The van der Waals surface area contributed by atoms with Crippen LogP contribution in [0, 0.1) is 0 Å². The van der Waals surface area contributed by atoms with E-state index in [0.29, 0.717) is 5.69 Å². The number of carbonyl (C=O) groups is 1. The lowest BCUT2D eigenvalue weighted by atomic mass is 10.1. The molecule has 0 bridgehead atoms. The highest BCUT2D eigenvalue weighted by atomic mass is 35.5. The van der Waals surface area contributed by atoms with Gasteiger partial charge in [-0.05, 0) is 37.8 Å². The number of ether oxygens (including phenoxy) is 1. The quantitative estimate of drug-likeness (QED) is 0.655. The number of carboxylic acid groups (broad SMARTS) is 1. The van der Waals surface area contributed by atoms with Gasteiger partial charge in [0.25, 0.3) is 0 Å². The second-order valence-corrected chi connectivity index (χ2v) is 5.32. The number of anilines is 1. The van der Waals surface area contributed by atoms with Crippen molar-refractivity contribution in [2.75, 3.05) is 5.73 Å². The number of hydrogen-bond donors (Lipinski definition) is 2. The van der Waals surface area contributed by atoms with Crippen LogP contribution in [0.1, 0.15) is 48.9 Å². The van der Waals surface area contributed by atoms with Crippen LogP contribution in [-0.4, -0.2) is 17.2 Å². The Kier molecular flexibility index (Phi) is 4.53. The van der Waals surface area contributed by atoms with E-state index in [0.717, 1.165) is 25.7 Å². The van der Waals surface area contributed by atoms with E-state index in [1.54, 1.807) is 0 Å². The minimum Gasteiger partial charge on any atom is -0.488 e. The third-order valence-electron chi connectivity index (χ3n) is 3.38. The van der Waals surface area contributed by atoms with Crippen LogP contribution in [0.25, 0.3) is 0 Å². The molecule has 2 rings (SSSR count). The largest absolute Gasteiger partial charge is 0.488 e. The molecule has 0 radical (unpaired) electrons. The zero-order valence-corrected chi connectivity index (χ0v) is 11.4. The average Bonchev–Trinajstić information content (AvgIpc) is 2.60. The van der Waals surface area contributed by atoms with E-state index in [4.69, 9.17) is 22.1 Å². The van der Waals surface area contributed by atoms with Crippen LogP contribution >= 0.6 is 11.6 Å². The Morgan fingerprint density at radius 1 is 1.26 bits per heavy atom. The number of halogens is 1. The Bertz CT molecular complexity index is 468. The number of aromatic carboxylic acids is 1. The van der Waals surface area contributed by atoms with Crippen LogP contribution in [0.2, 0.25) is 5.02 Å². The van der Waals surface area contributed by atoms with Gasteiger partial charge in [-0.15, -0.1) is 0 Å². The normalized spacial score (nSPS) is 16.9. The third kappa shape index (κ3) is 3.53. The fourth-order valence-corrected chi connectivity index (χ4v) is 2.69. The molecule has 0 saturated heterocycles. The Morgan fingerprint density at radius 2 is 1.89 bits per heavy atom. The highest BCUT2D eigenvalue weighted by molar-refractivity contribution is 6.33. The van der Waals surface area contributed by atoms with Gasteiger partial charge in [0.1, 0.15) is 5.56 Å². The summed E-state index contributed by atoms with van der Waals surface area (Å²) in [6.07, 6.45) is 6.57. The van der Waals surface area contributed by atoms with E-state index in [1.807, 2.05) is 0 Å². The van der Waals surface area contributed by atoms with Gasteiger partial charge in [0.05, 0.1) is 11.1 Å².